The van der Waals surface area contributed by atoms with Crippen molar-refractivity contribution in [3.63, 3.8) is 0 Å². The zero-order valence-electron chi connectivity index (χ0n) is 22.9. The Kier molecular flexibility index (Phi) is 8.90. The predicted molar refractivity (Wildman–Crippen MR) is 154 cm³/mol. The molecule has 1 aliphatic carbocycles. The van der Waals surface area contributed by atoms with Crippen molar-refractivity contribution in [2.45, 2.75) is 70.1 Å². The Hall–Kier alpha value is -3.36. The van der Waals surface area contributed by atoms with Gasteiger partial charge < -0.3 is 19.9 Å². The number of esters is 1. The van der Waals surface area contributed by atoms with Crippen LogP contribution in [-0.4, -0.2) is 47.2 Å². The molecule has 8 nitrogen and oxygen atoms in total. The Balaban J connectivity index is 1.57. The molecule has 0 spiro atoms. The Morgan fingerprint density at radius 2 is 1.77 bits per heavy atom. The molecule has 4 rings (SSSR count). The van der Waals surface area contributed by atoms with E-state index in [0.717, 1.165) is 29.3 Å². The maximum atomic E-state index is 13.5. The quantitative estimate of drug-likeness (QED) is 0.230. The van der Waals surface area contributed by atoms with Crippen molar-refractivity contribution >= 4 is 52.1 Å². The van der Waals surface area contributed by atoms with Crippen LogP contribution in [0.2, 0.25) is 10.0 Å². The highest BCUT2D eigenvalue weighted by Crippen LogP contribution is 2.35. The molecule has 0 aliphatic heterocycles. The van der Waals surface area contributed by atoms with Crippen LogP contribution in [0.1, 0.15) is 52.0 Å². The molecule has 0 saturated heterocycles. The number of fused-ring (bicyclic) bond motifs is 1. The summed E-state index contributed by atoms with van der Waals surface area (Å²) >= 11 is 12.7. The van der Waals surface area contributed by atoms with Gasteiger partial charge >= 0.3 is 5.97 Å². The number of carbonyl (C=O) groups is 2. The number of hydrogen-bond acceptors (Lipinski definition) is 7. The number of nitrogens with one attached hydrogen (secondary N) is 1. The molecule has 1 amide bonds. The van der Waals surface area contributed by atoms with Crippen LogP contribution >= 0.6 is 23.2 Å². The van der Waals surface area contributed by atoms with E-state index in [1.54, 1.807) is 39.0 Å². The first-order valence-electron chi connectivity index (χ1n) is 13.1. The van der Waals surface area contributed by atoms with E-state index >= 15 is 0 Å². The molecule has 1 saturated carbocycles. The number of nitrogens with zero attached hydrogens (tertiary/aromatic N) is 2. The number of pyridine rings is 1. The molecule has 1 heterocycles. The minimum Gasteiger partial charge on any atom is -0.595 e. The molecule has 0 radical (unpaired) electrons. The van der Waals surface area contributed by atoms with Gasteiger partial charge in [-0.3, -0.25) is 9.79 Å². The maximum absolute atomic E-state index is 13.5. The number of rotatable bonds is 7. The fraction of sp³-hybridized carbons (Fsp3) is 0.400. The average molecular weight is 586 g/mol. The zero-order chi connectivity index (χ0) is 29.1. The summed E-state index contributed by atoms with van der Waals surface area (Å²) in [6.45, 7) is 5.21. The number of amides is 1. The monoisotopic (exact) mass is 584 g/mol. The van der Waals surface area contributed by atoms with E-state index in [0.29, 0.717) is 34.1 Å². The number of aliphatic imine (C=N–C) groups is 1. The predicted octanol–water partition coefficient (Wildman–Crippen LogP) is 5.25. The molecule has 10 heteroatoms. The highest BCUT2D eigenvalue weighted by atomic mass is 35.5. The number of aromatic nitrogens is 1. The van der Waals surface area contributed by atoms with Gasteiger partial charge in [0.15, 0.2) is 0 Å². The SMILES string of the molecule is COC(=O)C(Cc1ccc2nc(-c3c(Cl)cccc3Cl)ccc2c1)NC(=O)C1(N=C([O-])OC(C)(C)C)CCCC1. The Labute approximate surface area is 243 Å². The molecule has 1 unspecified atom stereocenters. The van der Waals surface area contributed by atoms with Gasteiger partial charge in [-0.25, -0.2) is 9.78 Å². The fourth-order valence-corrected chi connectivity index (χ4v) is 5.45. The molecular formula is C30H32Cl2N3O5-. The molecule has 1 N–H and O–H groups in total. The maximum Gasteiger partial charge on any atom is 0.328 e. The minimum absolute atomic E-state index is 0.176. The summed E-state index contributed by atoms with van der Waals surface area (Å²) in [5, 5.41) is 17.1. The van der Waals surface area contributed by atoms with Crippen molar-refractivity contribution in [3.8, 4) is 11.3 Å². The van der Waals surface area contributed by atoms with Crippen molar-refractivity contribution < 1.29 is 24.2 Å². The summed E-state index contributed by atoms with van der Waals surface area (Å²) in [6.07, 6.45) is 1.65. The summed E-state index contributed by atoms with van der Waals surface area (Å²) in [7, 11) is 1.27. The first-order chi connectivity index (χ1) is 18.9. The molecule has 1 aliphatic rings. The minimum atomic E-state index is -1.28. The lowest BCUT2D eigenvalue weighted by molar-refractivity contribution is -0.261. The highest BCUT2D eigenvalue weighted by molar-refractivity contribution is 6.39. The van der Waals surface area contributed by atoms with Crippen LogP contribution < -0.4 is 10.4 Å². The molecule has 40 heavy (non-hydrogen) atoms. The molecule has 0 bridgehead atoms. The van der Waals surface area contributed by atoms with Crippen LogP contribution in [0.25, 0.3) is 22.2 Å². The second-order valence-corrected chi connectivity index (χ2v) is 11.7. The van der Waals surface area contributed by atoms with E-state index in [2.05, 4.69) is 10.3 Å². The van der Waals surface area contributed by atoms with Crippen LogP contribution in [0.5, 0.6) is 0 Å². The van der Waals surface area contributed by atoms with Gasteiger partial charge in [-0.15, -0.1) is 0 Å². The standard InChI is InChI=1S/C30H33Cl2N3O5/c1-29(2,3)40-28(38)35-30(14-5-6-15-30)27(37)34-24(26(36)39-4)17-18-10-12-22-19(16-18)11-13-23(33-22)25-20(31)8-7-9-21(25)32/h7-13,16,24H,5-6,14-15,17H2,1-4H3,(H,34,37)(H,35,38)/p-1. The van der Waals surface area contributed by atoms with Crippen LogP contribution in [0.3, 0.4) is 0 Å². The van der Waals surface area contributed by atoms with Gasteiger partial charge in [0.2, 0.25) is 5.91 Å². The van der Waals surface area contributed by atoms with Gasteiger partial charge in [-0.2, -0.15) is 0 Å². The van der Waals surface area contributed by atoms with Gasteiger partial charge in [0.25, 0.3) is 0 Å². The molecule has 1 atom stereocenters. The van der Waals surface area contributed by atoms with E-state index < -0.39 is 35.1 Å². The molecule has 3 aromatic rings. The first-order valence-corrected chi connectivity index (χ1v) is 13.9. The van der Waals surface area contributed by atoms with Crippen molar-refractivity contribution in [3.05, 3.63) is 64.1 Å². The van der Waals surface area contributed by atoms with Gasteiger partial charge in [0.05, 0.1) is 28.4 Å². The van der Waals surface area contributed by atoms with Gasteiger partial charge in [-0.05, 0) is 48.7 Å². The van der Waals surface area contributed by atoms with Crippen LogP contribution in [0.4, 0.5) is 0 Å². The smallest absolute Gasteiger partial charge is 0.328 e. The van der Waals surface area contributed by atoms with Gasteiger partial charge in [0, 0.05) is 23.0 Å². The van der Waals surface area contributed by atoms with Crippen molar-refractivity contribution in [1.82, 2.24) is 10.3 Å². The van der Waals surface area contributed by atoms with Crippen molar-refractivity contribution in [2.75, 3.05) is 7.11 Å². The van der Waals surface area contributed by atoms with Crippen LogP contribution in [0.15, 0.2) is 53.5 Å². The average Bonchev–Trinajstić information content (AvgIpc) is 3.36. The highest BCUT2D eigenvalue weighted by Gasteiger charge is 2.42. The lowest BCUT2D eigenvalue weighted by Crippen LogP contribution is -2.52. The number of hydrogen-bond donors (Lipinski definition) is 1. The van der Waals surface area contributed by atoms with E-state index in [4.69, 9.17) is 37.7 Å². The molecule has 1 aromatic heterocycles. The normalized spacial score (nSPS) is 16.0. The number of methoxy groups -OCH3 is 1. The van der Waals surface area contributed by atoms with E-state index in [1.807, 2.05) is 30.3 Å². The number of benzene rings is 2. The summed E-state index contributed by atoms with van der Waals surface area (Å²) in [6, 6.07) is 13.6. The fourth-order valence-electron chi connectivity index (χ4n) is 4.86. The van der Waals surface area contributed by atoms with Crippen molar-refractivity contribution in [2.24, 2.45) is 4.99 Å². The number of halogens is 2. The second-order valence-electron chi connectivity index (χ2n) is 10.9. The van der Waals surface area contributed by atoms with E-state index in [-0.39, 0.29) is 6.42 Å². The van der Waals surface area contributed by atoms with E-state index in [1.165, 1.54) is 7.11 Å². The molecular weight excluding hydrogens is 553 g/mol. The Morgan fingerprint density at radius 1 is 1.10 bits per heavy atom. The van der Waals surface area contributed by atoms with Gasteiger partial charge in [-0.1, -0.05) is 75.0 Å². The third-order valence-electron chi connectivity index (χ3n) is 6.76. The van der Waals surface area contributed by atoms with Gasteiger partial charge in [0.1, 0.15) is 17.7 Å². The van der Waals surface area contributed by atoms with Crippen LogP contribution in [-0.2, 0) is 25.5 Å². The molecule has 2 aromatic carbocycles. The summed E-state index contributed by atoms with van der Waals surface area (Å²) in [4.78, 5) is 35.1. The lowest BCUT2D eigenvalue weighted by atomic mass is 9.95. The zero-order valence-corrected chi connectivity index (χ0v) is 24.4. The van der Waals surface area contributed by atoms with E-state index in [9.17, 15) is 14.7 Å². The Morgan fingerprint density at radius 3 is 2.40 bits per heavy atom. The first kappa shape index (κ1) is 29.6. The summed E-state index contributed by atoms with van der Waals surface area (Å²) in [5.41, 5.74) is 0.791. The number of ether oxygens (including phenoxy) is 2. The van der Waals surface area contributed by atoms with Crippen LogP contribution in [0, 0.1) is 0 Å². The topological polar surface area (TPSA) is 113 Å². The second kappa shape index (κ2) is 12.0. The summed E-state index contributed by atoms with van der Waals surface area (Å²) in [5.74, 6) is -1.09. The molecule has 212 valence electrons. The molecule has 1 fully saturated rings. The number of carbonyl (C=O) groups excluding carboxylic acids is 2. The summed E-state index contributed by atoms with van der Waals surface area (Å²) < 4.78 is 10.3. The van der Waals surface area contributed by atoms with Crippen molar-refractivity contribution in [1.29, 1.82) is 0 Å². The Bertz CT molecular complexity index is 1420. The largest absolute Gasteiger partial charge is 0.595 e. The lowest BCUT2D eigenvalue weighted by Gasteiger charge is -2.33. The third kappa shape index (κ3) is 6.85. The third-order valence-corrected chi connectivity index (χ3v) is 7.39.